The van der Waals surface area contributed by atoms with Crippen molar-refractivity contribution in [3.05, 3.63) is 76.2 Å². The number of nitrogens with zero attached hydrogens (tertiary/aromatic N) is 1. The summed E-state index contributed by atoms with van der Waals surface area (Å²) in [6.45, 7) is 3.82. The Balaban J connectivity index is 1.80. The van der Waals surface area contributed by atoms with Gasteiger partial charge in [0.1, 0.15) is 22.6 Å². The smallest absolute Gasteiger partial charge is 0.256 e. The van der Waals surface area contributed by atoms with Crippen molar-refractivity contribution in [2.24, 2.45) is 0 Å². The van der Waals surface area contributed by atoms with Crippen LogP contribution < -0.4 is 10.1 Å². The van der Waals surface area contributed by atoms with Crippen LogP contribution in [0.5, 0.6) is 11.5 Å². The number of carbonyl (C=O) groups excluding carboxylic acids is 1. The highest BCUT2D eigenvalue weighted by molar-refractivity contribution is 7.16. The Labute approximate surface area is 150 Å². The molecule has 4 nitrogen and oxygen atoms in total. The third kappa shape index (κ3) is 3.70. The molecule has 0 unspecified atom stereocenters. The normalized spacial score (nSPS) is 10.1. The average Bonchev–Trinajstić information content (AvgIpc) is 2.89. The summed E-state index contributed by atoms with van der Waals surface area (Å²) in [5.41, 5.74) is 1.90. The summed E-state index contributed by atoms with van der Waals surface area (Å²) in [7, 11) is 0. The predicted octanol–water partition coefficient (Wildman–Crippen LogP) is 5.28. The second-order valence-electron chi connectivity index (χ2n) is 5.50. The predicted molar refractivity (Wildman–Crippen MR) is 99.4 cm³/mol. The third-order valence-electron chi connectivity index (χ3n) is 3.80. The first-order valence-electron chi connectivity index (χ1n) is 7.73. The van der Waals surface area contributed by atoms with Crippen LogP contribution in [-0.4, -0.2) is 5.91 Å². The number of nitriles is 1. The molecule has 1 heterocycles. The SMILES string of the molecule is Cc1sc(NC(=O)c2cccc(Oc3ccccc3)c2)c(C#N)c1C. The number of thiophene rings is 1. The Hall–Kier alpha value is -3.10. The van der Waals surface area contributed by atoms with E-state index in [0.29, 0.717) is 27.6 Å². The molecule has 0 bridgehead atoms. The summed E-state index contributed by atoms with van der Waals surface area (Å²) in [6.07, 6.45) is 0. The van der Waals surface area contributed by atoms with Crippen LogP contribution in [0.3, 0.4) is 0 Å². The molecule has 1 aromatic heterocycles. The standard InChI is InChI=1S/C20H16N2O2S/c1-13-14(2)25-20(18(13)12-21)22-19(23)15-7-6-10-17(11-15)24-16-8-4-3-5-9-16/h3-11H,1-2H3,(H,22,23). The first-order valence-corrected chi connectivity index (χ1v) is 8.54. The number of amides is 1. The van der Waals surface area contributed by atoms with E-state index in [0.717, 1.165) is 10.4 Å². The number of para-hydroxylation sites is 1. The lowest BCUT2D eigenvalue weighted by molar-refractivity contribution is 0.102. The van der Waals surface area contributed by atoms with Gasteiger partial charge >= 0.3 is 0 Å². The van der Waals surface area contributed by atoms with Crippen molar-refractivity contribution >= 4 is 22.2 Å². The molecule has 25 heavy (non-hydrogen) atoms. The molecule has 3 rings (SSSR count). The van der Waals surface area contributed by atoms with E-state index in [2.05, 4.69) is 11.4 Å². The van der Waals surface area contributed by atoms with Gasteiger partial charge in [-0.15, -0.1) is 11.3 Å². The maximum Gasteiger partial charge on any atom is 0.256 e. The minimum atomic E-state index is -0.267. The molecule has 2 aromatic carbocycles. The van der Waals surface area contributed by atoms with E-state index in [1.165, 1.54) is 11.3 Å². The Morgan fingerprint density at radius 3 is 2.52 bits per heavy atom. The molecule has 124 valence electrons. The number of aryl methyl sites for hydroxylation is 1. The van der Waals surface area contributed by atoms with E-state index in [4.69, 9.17) is 4.74 Å². The fourth-order valence-corrected chi connectivity index (χ4v) is 3.36. The molecule has 0 saturated carbocycles. The minimum Gasteiger partial charge on any atom is -0.457 e. The van der Waals surface area contributed by atoms with E-state index in [1.807, 2.05) is 44.2 Å². The van der Waals surface area contributed by atoms with Gasteiger partial charge in [-0.05, 0) is 49.7 Å². The molecule has 1 amide bonds. The molecule has 0 fully saturated rings. The van der Waals surface area contributed by atoms with Crippen molar-refractivity contribution in [3.8, 4) is 17.6 Å². The molecule has 0 atom stereocenters. The summed E-state index contributed by atoms with van der Waals surface area (Å²) < 4.78 is 5.76. The van der Waals surface area contributed by atoms with Gasteiger partial charge in [-0.2, -0.15) is 5.26 Å². The molecule has 0 spiro atoms. The highest BCUT2D eigenvalue weighted by atomic mass is 32.1. The zero-order valence-electron chi connectivity index (χ0n) is 13.9. The number of hydrogen-bond acceptors (Lipinski definition) is 4. The van der Waals surface area contributed by atoms with Gasteiger partial charge in [-0.3, -0.25) is 4.79 Å². The molecule has 5 heteroatoms. The van der Waals surface area contributed by atoms with Crippen molar-refractivity contribution in [2.45, 2.75) is 13.8 Å². The zero-order chi connectivity index (χ0) is 17.8. The number of anilines is 1. The Morgan fingerprint density at radius 1 is 1.08 bits per heavy atom. The van der Waals surface area contributed by atoms with Crippen molar-refractivity contribution in [1.29, 1.82) is 5.26 Å². The molecular formula is C20H16N2O2S. The third-order valence-corrected chi connectivity index (χ3v) is 4.92. The van der Waals surface area contributed by atoms with Crippen LogP contribution in [0.25, 0.3) is 0 Å². The van der Waals surface area contributed by atoms with Crippen molar-refractivity contribution < 1.29 is 9.53 Å². The van der Waals surface area contributed by atoms with Gasteiger partial charge in [-0.25, -0.2) is 0 Å². The first-order chi connectivity index (χ1) is 12.1. The van der Waals surface area contributed by atoms with Gasteiger partial charge in [0.25, 0.3) is 5.91 Å². The van der Waals surface area contributed by atoms with E-state index < -0.39 is 0 Å². The summed E-state index contributed by atoms with van der Waals surface area (Å²) in [4.78, 5) is 13.6. The molecular weight excluding hydrogens is 332 g/mol. The lowest BCUT2D eigenvalue weighted by Crippen LogP contribution is -2.11. The quantitative estimate of drug-likeness (QED) is 0.697. The molecule has 0 radical (unpaired) electrons. The van der Waals surface area contributed by atoms with Crippen LogP contribution in [0.2, 0.25) is 0 Å². The Kier molecular flexibility index (Phi) is 4.82. The second kappa shape index (κ2) is 7.20. The molecule has 3 aromatic rings. The Bertz CT molecular complexity index is 956. The molecule has 0 aliphatic rings. The number of ether oxygens (including phenoxy) is 1. The summed E-state index contributed by atoms with van der Waals surface area (Å²) in [5.74, 6) is 1.02. The van der Waals surface area contributed by atoms with Crippen LogP contribution in [0.15, 0.2) is 54.6 Å². The topological polar surface area (TPSA) is 62.1 Å². The number of rotatable bonds is 4. The van der Waals surface area contributed by atoms with Gasteiger partial charge in [-0.1, -0.05) is 24.3 Å². The van der Waals surface area contributed by atoms with Gasteiger partial charge in [0.15, 0.2) is 0 Å². The van der Waals surface area contributed by atoms with Crippen molar-refractivity contribution in [2.75, 3.05) is 5.32 Å². The number of benzene rings is 2. The number of carbonyl (C=O) groups is 1. The lowest BCUT2D eigenvalue weighted by atomic mass is 10.1. The minimum absolute atomic E-state index is 0.267. The first kappa shape index (κ1) is 16.7. The monoisotopic (exact) mass is 348 g/mol. The maximum absolute atomic E-state index is 12.5. The summed E-state index contributed by atoms with van der Waals surface area (Å²) >= 11 is 1.41. The molecule has 0 saturated heterocycles. The molecule has 1 N–H and O–H groups in total. The number of nitrogens with one attached hydrogen (secondary N) is 1. The molecule has 0 aliphatic carbocycles. The van der Waals surface area contributed by atoms with Crippen LogP contribution in [0.1, 0.15) is 26.4 Å². The van der Waals surface area contributed by atoms with Crippen molar-refractivity contribution in [3.63, 3.8) is 0 Å². The average molecular weight is 348 g/mol. The van der Waals surface area contributed by atoms with E-state index in [9.17, 15) is 10.1 Å². The van der Waals surface area contributed by atoms with E-state index >= 15 is 0 Å². The van der Waals surface area contributed by atoms with Gasteiger partial charge in [0.05, 0.1) is 5.56 Å². The van der Waals surface area contributed by atoms with Gasteiger partial charge in [0, 0.05) is 10.4 Å². The Morgan fingerprint density at radius 2 is 1.80 bits per heavy atom. The number of hydrogen-bond donors (Lipinski definition) is 1. The highest BCUT2D eigenvalue weighted by Crippen LogP contribution is 2.32. The van der Waals surface area contributed by atoms with E-state index in [-0.39, 0.29) is 5.91 Å². The van der Waals surface area contributed by atoms with Crippen LogP contribution in [0, 0.1) is 25.2 Å². The lowest BCUT2D eigenvalue weighted by Gasteiger charge is -2.08. The molecule has 0 aliphatic heterocycles. The summed E-state index contributed by atoms with van der Waals surface area (Å²) in [5, 5.41) is 12.7. The zero-order valence-corrected chi connectivity index (χ0v) is 14.7. The van der Waals surface area contributed by atoms with E-state index in [1.54, 1.807) is 24.3 Å². The largest absolute Gasteiger partial charge is 0.457 e. The van der Waals surface area contributed by atoms with Gasteiger partial charge in [0.2, 0.25) is 0 Å². The second-order valence-corrected chi connectivity index (χ2v) is 6.72. The van der Waals surface area contributed by atoms with Crippen LogP contribution >= 0.6 is 11.3 Å². The summed E-state index contributed by atoms with van der Waals surface area (Å²) in [6, 6.07) is 18.5. The van der Waals surface area contributed by atoms with Gasteiger partial charge < -0.3 is 10.1 Å². The highest BCUT2D eigenvalue weighted by Gasteiger charge is 2.16. The fourth-order valence-electron chi connectivity index (χ4n) is 2.35. The van der Waals surface area contributed by atoms with Crippen LogP contribution in [0.4, 0.5) is 5.00 Å². The fraction of sp³-hybridized carbons (Fsp3) is 0.100. The maximum atomic E-state index is 12.5. The van der Waals surface area contributed by atoms with Crippen molar-refractivity contribution in [1.82, 2.24) is 0 Å². The van der Waals surface area contributed by atoms with Crippen LogP contribution in [-0.2, 0) is 0 Å².